The van der Waals surface area contributed by atoms with E-state index in [2.05, 4.69) is 26.8 Å². The third-order valence-electron chi connectivity index (χ3n) is 4.13. The molecule has 0 atom stereocenters. The third kappa shape index (κ3) is 3.10. The molecule has 0 unspecified atom stereocenters. The summed E-state index contributed by atoms with van der Waals surface area (Å²) in [5, 5.41) is 0. The van der Waals surface area contributed by atoms with E-state index in [0.29, 0.717) is 18.9 Å². The molecule has 0 aromatic carbocycles. The Morgan fingerprint density at radius 1 is 1.09 bits per heavy atom. The first kappa shape index (κ1) is 15.3. The van der Waals surface area contributed by atoms with Crippen LogP contribution in [0.25, 0.3) is 0 Å². The zero-order valence-electron chi connectivity index (χ0n) is 13.3. The highest BCUT2D eigenvalue weighted by Gasteiger charge is 2.20. The van der Waals surface area contributed by atoms with Crippen molar-refractivity contribution < 1.29 is 0 Å². The first-order chi connectivity index (χ1) is 11.1. The number of H-pyrrole nitrogens is 1. The number of aryl methyl sites for hydroxylation is 1. The van der Waals surface area contributed by atoms with Gasteiger partial charge in [0.2, 0.25) is 5.95 Å². The molecule has 0 bridgehead atoms. The zero-order valence-corrected chi connectivity index (χ0v) is 13.3. The van der Waals surface area contributed by atoms with Crippen molar-refractivity contribution in [3.8, 4) is 0 Å². The quantitative estimate of drug-likeness (QED) is 0.840. The molecule has 0 saturated carbocycles. The highest BCUT2D eigenvalue weighted by molar-refractivity contribution is 5.41. The minimum atomic E-state index is -0.395. The Morgan fingerprint density at radius 2 is 1.70 bits per heavy atom. The molecular formula is C15H20N6O2. The van der Waals surface area contributed by atoms with Gasteiger partial charge in [0.1, 0.15) is 5.82 Å². The third-order valence-corrected chi connectivity index (χ3v) is 4.13. The van der Waals surface area contributed by atoms with E-state index in [1.54, 1.807) is 0 Å². The van der Waals surface area contributed by atoms with Crippen molar-refractivity contribution in [2.75, 3.05) is 36.0 Å². The van der Waals surface area contributed by atoms with Crippen LogP contribution in [0.1, 0.15) is 12.5 Å². The van der Waals surface area contributed by atoms with E-state index in [4.69, 9.17) is 0 Å². The monoisotopic (exact) mass is 316 g/mol. The Kier molecular flexibility index (Phi) is 4.14. The van der Waals surface area contributed by atoms with Crippen molar-refractivity contribution >= 4 is 11.8 Å². The minimum Gasteiger partial charge on any atom is -0.354 e. The summed E-state index contributed by atoms with van der Waals surface area (Å²) in [4.78, 5) is 39.1. The summed E-state index contributed by atoms with van der Waals surface area (Å²) in [6, 6.07) is 1.46. The number of aromatic nitrogens is 4. The fraction of sp³-hybridized carbons (Fsp3) is 0.467. The maximum atomic E-state index is 11.7. The van der Waals surface area contributed by atoms with Gasteiger partial charge in [0.05, 0.1) is 0 Å². The summed E-state index contributed by atoms with van der Waals surface area (Å²) in [5.41, 5.74) is 0.420. The van der Waals surface area contributed by atoms with Gasteiger partial charge in [-0.15, -0.1) is 0 Å². The molecule has 1 N–H and O–H groups in total. The molecule has 0 radical (unpaired) electrons. The number of aromatic amines is 1. The summed E-state index contributed by atoms with van der Waals surface area (Å²) >= 11 is 0. The Hall–Kier alpha value is -2.64. The maximum absolute atomic E-state index is 11.7. The molecule has 1 aliphatic rings. The first-order valence-corrected chi connectivity index (χ1v) is 7.69. The molecule has 1 fully saturated rings. The van der Waals surface area contributed by atoms with Gasteiger partial charge >= 0.3 is 5.69 Å². The van der Waals surface area contributed by atoms with E-state index in [0.717, 1.165) is 35.6 Å². The zero-order chi connectivity index (χ0) is 16.4. The van der Waals surface area contributed by atoms with Gasteiger partial charge in [0.25, 0.3) is 5.56 Å². The maximum Gasteiger partial charge on any atom is 0.329 e. The van der Waals surface area contributed by atoms with Gasteiger partial charge in [0, 0.05) is 51.7 Å². The van der Waals surface area contributed by atoms with E-state index in [-0.39, 0.29) is 5.56 Å². The van der Waals surface area contributed by atoms with Crippen LogP contribution < -0.4 is 21.0 Å². The van der Waals surface area contributed by atoms with Gasteiger partial charge in [-0.1, -0.05) is 6.92 Å². The van der Waals surface area contributed by atoms with Crippen LogP contribution in [0.2, 0.25) is 0 Å². The summed E-state index contributed by atoms with van der Waals surface area (Å²) in [6.45, 7) is 4.94. The van der Waals surface area contributed by atoms with E-state index in [9.17, 15) is 9.59 Å². The summed E-state index contributed by atoms with van der Waals surface area (Å²) < 4.78 is 1.06. The van der Waals surface area contributed by atoms with Crippen molar-refractivity contribution in [1.29, 1.82) is 0 Å². The molecule has 0 spiro atoms. The van der Waals surface area contributed by atoms with E-state index >= 15 is 0 Å². The van der Waals surface area contributed by atoms with Gasteiger partial charge in [-0.25, -0.2) is 14.8 Å². The largest absolute Gasteiger partial charge is 0.354 e. The normalized spacial score (nSPS) is 15.0. The van der Waals surface area contributed by atoms with Gasteiger partial charge in [-0.3, -0.25) is 14.3 Å². The Morgan fingerprint density at radius 3 is 2.26 bits per heavy atom. The second-order valence-corrected chi connectivity index (χ2v) is 5.58. The van der Waals surface area contributed by atoms with Crippen molar-refractivity contribution in [3.63, 3.8) is 0 Å². The van der Waals surface area contributed by atoms with Crippen molar-refractivity contribution in [2.24, 2.45) is 7.05 Å². The minimum absolute atomic E-state index is 0.301. The highest BCUT2D eigenvalue weighted by Crippen LogP contribution is 2.14. The van der Waals surface area contributed by atoms with Crippen LogP contribution in [0.3, 0.4) is 0 Å². The average molecular weight is 316 g/mol. The number of nitrogens with one attached hydrogen (secondary N) is 1. The number of hydrogen-bond acceptors (Lipinski definition) is 6. The van der Waals surface area contributed by atoms with Crippen LogP contribution in [0, 0.1) is 0 Å². The lowest BCUT2D eigenvalue weighted by Crippen LogP contribution is -2.48. The molecule has 3 heterocycles. The van der Waals surface area contributed by atoms with Crippen LogP contribution in [-0.2, 0) is 13.5 Å². The number of hydrogen-bond donors (Lipinski definition) is 1. The predicted octanol–water partition coefficient (Wildman–Crippen LogP) is -0.247. The molecule has 0 amide bonds. The van der Waals surface area contributed by atoms with Crippen LogP contribution in [-0.4, -0.2) is 45.7 Å². The van der Waals surface area contributed by atoms with E-state index in [1.807, 2.05) is 17.3 Å². The predicted molar refractivity (Wildman–Crippen MR) is 88.1 cm³/mol. The molecule has 8 heteroatoms. The average Bonchev–Trinajstić information content (AvgIpc) is 2.59. The lowest BCUT2D eigenvalue weighted by molar-refractivity contribution is 0.628. The second-order valence-electron chi connectivity index (χ2n) is 5.58. The van der Waals surface area contributed by atoms with Gasteiger partial charge in [-0.05, 0) is 12.0 Å². The van der Waals surface area contributed by atoms with Crippen molar-refractivity contribution in [1.82, 2.24) is 19.5 Å². The van der Waals surface area contributed by atoms with Crippen LogP contribution in [0.15, 0.2) is 28.0 Å². The standard InChI is InChI=1S/C15H20N6O2/c1-3-11-9-16-14(17-10-11)21-6-4-20(5-7-21)12-8-13(22)19(2)15(23)18-12/h8-10H,3-7H2,1-2H3,(H,18,23). The number of rotatable bonds is 3. The number of piperazine rings is 1. The second kappa shape index (κ2) is 6.23. The van der Waals surface area contributed by atoms with E-state index in [1.165, 1.54) is 13.1 Å². The molecule has 1 aliphatic heterocycles. The Bertz CT molecular complexity index is 756. The van der Waals surface area contributed by atoms with Gasteiger partial charge in [-0.2, -0.15) is 0 Å². The van der Waals surface area contributed by atoms with Crippen molar-refractivity contribution in [2.45, 2.75) is 13.3 Å². The molecule has 2 aromatic rings. The molecule has 3 rings (SSSR count). The smallest absolute Gasteiger partial charge is 0.329 e. The van der Waals surface area contributed by atoms with Crippen LogP contribution in [0.5, 0.6) is 0 Å². The van der Waals surface area contributed by atoms with Crippen LogP contribution in [0.4, 0.5) is 11.8 Å². The molecule has 0 aliphatic carbocycles. The molecule has 1 saturated heterocycles. The van der Waals surface area contributed by atoms with E-state index < -0.39 is 5.69 Å². The lowest BCUT2D eigenvalue weighted by Gasteiger charge is -2.35. The lowest BCUT2D eigenvalue weighted by atomic mass is 10.3. The fourth-order valence-electron chi connectivity index (χ4n) is 2.55. The molecular weight excluding hydrogens is 296 g/mol. The SMILES string of the molecule is CCc1cnc(N2CCN(c3cc(=O)n(C)c(=O)[nH]3)CC2)nc1. The Labute approximate surface area is 133 Å². The molecule has 122 valence electrons. The molecule has 23 heavy (non-hydrogen) atoms. The van der Waals surface area contributed by atoms with Gasteiger partial charge < -0.3 is 9.80 Å². The van der Waals surface area contributed by atoms with Crippen LogP contribution >= 0.6 is 0 Å². The highest BCUT2D eigenvalue weighted by atomic mass is 16.2. The summed E-state index contributed by atoms with van der Waals surface area (Å²) in [7, 11) is 1.46. The number of nitrogens with zero attached hydrogens (tertiary/aromatic N) is 5. The first-order valence-electron chi connectivity index (χ1n) is 7.69. The topological polar surface area (TPSA) is 87.1 Å². The number of anilines is 2. The van der Waals surface area contributed by atoms with Gasteiger partial charge in [0.15, 0.2) is 0 Å². The fourth-order valence-corrected chi connectivity index (χ4v) is 2.55. The molecule has 8 nitrogen and oxygen atoms in total. The summed E-state index contributed by atoms with van der Waals surface area (Å²) in [5.74, 6) is 1.29. The summed E-state index contributed by atoms with van der Waals surface area (Å²) in [6.07, 6.45) is 4.63. The van der Waals surface area contributed by atoms with Crippen molar-refractivity contribution in [3.05, 3.63) is 44.9 Å². The Balaban J connectivity index is 1.70. The molecule has 2 aromatic heterocycles.